The van der Waals surface area contributed by atoms with Gasteiger partial charge in [-0.25, -0.2) is 0 Å². The predicted octanol–water partition coefficient (Wildman–Crippen LogP) is 5.46. The number of carboxylic acids is 1. The van der Waals surface area contributed by atoms with Gasteiger partial charge in [-0.2, -0.15) is 0 Å². The lowest BCUT2D eigenvalue weighted by Gasteiger charge is -2.26. The van der Waals surface area contributed by atoms with Gasteiger partial charge in [0.15, 0.2) is 5.76 Å². The largest absolute Gasteiger partial charge is 0.481 e. The molecule has 1 N–H and O–H groups in total. The lowest BCUT2D eigenvalue weighted by Crippen LogP contribution is -2.37. The zero-order chi connectivity index (χ0) is 21.6. The molecule has 1 aromatic heterocycles. The Balaban J connectivity index is 1.69. The molecule has 0 aliphatic rings. The molecule has 154 valence electrons. The second-order valence-corrected chi connectivity index (χ2v) is 7.11. The Hall–Kier alpha value is -4.12. The van der Waals surface area contributed by atoms with Crippen LogP contribution >= 0.6 is 0 Å². The molecule has 0 bridgehead atoms. The topological polar surface area (TPSA) is 70.8 Å². The number of nitrogens with zero attached hydrogens (tertiary/aromatic N) is 1. The van der Waals surface area contributed by atoms with Crippen molar-refractivity contribution in [2.75, 3.05) is 11.4 Å². The number of aliphatic carboxylic acids is 1. The molecule has 5 nitrogen and oxygen atoms in total. The van der Waals surface area contributed by atoms with Gasteiger partial charge in [0, 0.05) is 12.2 Å². The molecule has 0 saturated heterocycles. The molecule has 4 aromatic rings. The van der Waals surface area contributed by atoms with Crippen molar-refractivity contribution in [3.05, 3.63) is 115 Å². The minimum Gasteiger partial charge on any atom is -0.481 e. The molecule has 5 heteroatoms. The summed E-state index contributed by atoms with van der Waals surface area (Å²) in [5.41, 5.74) is 3.30. The van der Waals surface area contributed by atoms with Gasteiger partial charge in [0.25, 0.3) is 5.91 Å². The maximum absolute atomic E-state index is 13.2. The van der Waals surface area contributed by atoms with Crippen molar-refractivity contribution >= 4 is 17.6 Å². The van der Waals surface area contributed by atoms with Crippen LogP contribution in [0.25, 0.3) is 11.1 Å². The highest BCUT2D eigenvalue weighted by molar-refractivity contribution is 6.04. The smallest absolute Gasteiger partial charge is 0.312 e. The maximum atomic E-state index is 13.2. The van der Waals surface area contributed by atoms with Crippen molar-refractivity contribution in [2.24, 2.45) is 0 Å². The Bertz CT molecular complexity index is 1140. The van der Waals surface area contributed by atoms with Gasteiger partial charge >= 0.3 is 5.97 Å². The van der Waals surface area contributed by atoms with E-state index in [9.17, 15) is 14.7 Å². The standard InChI is InChI=1S/C26H21NO4/c28-25(24-12-7-17-31-24)27(18-23(26(29)30)21-10-5-2-6-11-21)22-15-13-20(14-16-22)19-8-3-1-4-9-19/h1-17,23H,18H2,(H,29,30). The summed E-state index contributed by atoms with van der Waals surface area (Å²) in [6.07, 6.45) is 1.43. The molecule has 0 saturated carbocycles. The Morgan fingerprint density at radius 3 is 1.97 bits per heavy atom. The molecule has 1 atom stereocenters. The lowest BCUT2D eigenvalue weighted by atomic mass is 9.98. The molecular formula is C26H21NO4. The van der Waals surface area contributed by atoms with Gasteiger partial charge in [0.2, 0.25) is 0 Å². The van der Waals surface area contributed by atoms with Crippen LogP contribution in [0.4, 0.5) is 5.69 Å². The second kappa shape index (κ2) is 9.13. The third kappa shape index (κ3) is 4.56. The molecule has 0 spiro atoms. The van der Waals surface area contributed by atoms with Crippen LogP contribution in [0.5, 0.6) is 0 Å². The van der Waals surface area contributed by atoms with Crippen LogP contribution in [0.3, 0.4) is 0 Å². The molecule has 1 unspecified atom stereocenters. The summed E-state index contributed by atoms with van der Waals surface area (Å²) < 4.78 is 5.30. The van der Waals surface area contributed by atoms with Crippen LogP contribution in [0.1, 0.15) is 22.0 Å². The van der Waals surface area contributed by atoms with E-state index in [2.05, 4.69) is 0 Å². The van der Waals surface area contributed by atoms with Gasteiger partial charge in [-0.1, -0.05) is 72.8 Å². The summed E-state index contributed by atoms with van der Waals surface area (Å²) in [6.45, 7) is -0.0242. The molecule has 0 aliphatic heterocycles. The number of carboxylic acid groups (broad SMARTS) is 1. The second-order valence-electron chi connectivity index (χ2n) is 7.11. The zero-order valence-corrected chi connectivity index (χ0v) is 16.7. The number of anilines is 1. The summed E-state index contributed by atoms with van der Waals surface area (Å²) in [4.78, 5) is 26.7. The Labute approximate surface area is 180 Å². The van der Waals surface area contributed by atoms with Crippen molar-refractivity contribution in [1.82, 2.24) is 0 Å². The molecule has 3 aromatic carbocycles. The molecule has 1 heterocycles. The highest BCUT2D eigenvalue weighted by atomic mass is 16.4. The molecule has 0 radical (unpaired) electrons. The van der Waals surface area contributed by atoms with Gasteiger partial charge in [0.1, 0.15) is 0 Å². The quantitative estimate of drug-likeness (QED) is 0.438. The fourth-order valence-corrected chi connectivity index (χ4v) is 3.50. The number of benzene rings is 3. The van der Waals surface area contributed by atoms with Crippen LogP contribution < -0.4 is 4.90 Å². The summed E-state index contributed by atoms with van der Waals surface area (Å²) in [7, 11) is 0. The molecule has 0 aliphatic carbocycles. The molecule has 31 heavy (non-hydrogen) atoms. The number of furan rings is 1. The van der Waals surface area contributed by atoms with Crippen molar-refractivity contribution in [2.45, 2.75) is 5.92 Å². The first kappa shape index (κ1) is 20.2. The van der Waals surface area contributed by atoms with E-state index in [1.165, 1.54) is 11.2 Å². The highest BCUT2D eigenvalue weighted by Crippen LogP contribution is 2.27. The number of hydrogen-bond acceptors (Lipinski definition) is 3. The first-order valence-corrected chi connectivity index (χ1v) is 9.92. The predicted molar refractivity (Wildman–Crippen MR) is 119 cm³/mol. The van der Waals surface area contributed by atoms with E-state index in [0.29, 0.717) is 11.3 Å². The minimum absolute atomic E-state index is 0.0242. The maximum Gasteiger partial charge on any atom is 0.312 e. The highest BCUT2D eigenvalue weighted by Gasteiger charge is 2.28. The Morgan fingerprint density at radius 1 is 0.774 bits per heavy atom. The van der Waals surface area contributed by atoms with Crippen LogP contribution in [0.2, 0.25) is 0 Å². The lowest BCUT2D eigenvalue weighted by molar-refractivity contribution is -0.138. The van der Waals surface area contributed by atoms with Crippen LogP contribution in [-0.2, 0) is 4.79 Å². The summed E-state index contributed by atoms with van der Waals surface area (Å²) in [5.74, 6) is -2.11. The van der Waals surface area contributed by atoms with E-state index >= 15 is 0 Å². The van der Waals surface area contributed by atoms with Gasteiger partial charge in [-0.05, 0) is 41.0 Å². The Kier molecular flexibility index (Phi) is 5.94. The van der Waals surface area contributed by atoms with Crippen molar-refractivity contribution in [1.29, 1.82) is 0 Å². The van der Waals surface area contributed by atoms with Crippen molar-refractivity contribution in [3.8, 4) is 11.1 Å². The summed E-state index contributed by atoms with van der Waals surface area (Å²) in [6, 6.07) is 29.5. The average Bonchev–Trinajstić information content (AvgIpc) is 3.36. The van der Waals surface area contributed by atoms with Gasteiger partial charge in [0.05, 0.1) is 12.2 Å². The normalized spacial score (nSPS) is 11.6. The van der Waals surface area contributed by atoms with Gasteiger partial charge in [-0.3, -0.25) is 9.59 Å². The third-order valence-electron chi connectivity index (χ3n) is 5.13. The van der Waals surface area contributed by atoms with E-state index in [-0.39, 0.29) is 18.2 Å². The van der Waals surface area contributed by atoms with Crippen LogP contribution in [0.15, 0.2) is 108 Å². The number of carbonyl (C=O) groups excluding carboxylic acids is 1. The van der Waals surface area contributed by atoms with E-state index < -0.39 is 11.9 Å². The SMILES string of the molecule is O=C(O)C(CN(C(=O)c1ccco1)c1ccc(-c2ccccc2)cc1)c1ccccc1. The van der Waals surface area contributed by atoms with Crippen LogP contribution in [0, 0.1) is 0 Å². The van der Waals surface area contributed by atoms with Crippen LogP contribution in [-0.4, -0.2) is 23.5 Å². The Morgan fingerprint density at radius 2 is 1.39 bits per heavy atom. The van der Waals surface area contributed by atoms with E-state index in [4.69, 9.17) is 4.42 Å². The third-order valence-corrected chi connectivity index (χ3v) is 5.13. The molecule has 4 rings (SSSR count). The fraction of sp³-hybridized carbons (Fsp3) is 0.0769. The number of rotatable bonds is 7. The first-order valence-electron chi connectivity index (χ1n) is 9.92. The molecule has 0 fully saturated rings. The van der Waals surface area contributed by atoms with Crippen molar-refractivity contribution in [3.63, 3.8) is 0 Å². The van der Waals surface area contributed by atoms with E-state index in [1.807, 2.05) is 60.7 Å². The zero-order valence-electron chi connectivity index (χ0n) is 16.7. The fourth-order valence-electron chi connectivity index (χ4n) is 3.50. The number of amides is 1. The first-order chi connectivity index (χ1) is 15.1. The van der Waals surface area contributed by atoms with Crippen molar-refractivity contribution < 1.29 is 19.1 Å². The molecular weight excluding hydrogens is 390 g/mol. The van der Waals surface area contributed by atoms with Gasteiger partial charge < -0.3 is 14.4 Å². The van der Waals surface area contributed by atoms with E-state index in [0.717, 1.165) is 11.1 Å². The minimum atomic E-state index is -0.996. The van der Waals surface area contributed by atoms with Gasteiger partial charge in [-0.15, -0.1) is 0 Å². The number of hydrogen-bond donors (Lipinski definition) is 1. The van der Waals surface area contributed by atoms with E-state index in [1.54, 1.807) is 36.4 Å². The summed E-state index contributed by atoms with van der Waals surface area (Å²) in [5, 5.41) is 9.87. The average molecular weight is 411 g/mol. The number of carbonyl (C=O) groups is 2. The molecule has 1 amide bonds. The monoisotopic (exact) mass is 411 g/mol. The summed E-state index contributed by atoms with van der Waals surface area (Å²) >= 11 is 0.